The van der Waals surface area contributed by atoms with Gasteiger partial charge in [0.1, 0.15) is 12.0 Å². The first-order valence-electron chi connectivity index (χ1n) is 7.01. The molecule has 122 valence electrons. The van der Waals surface area contributed by atoms with Crippen LogP contribution < -0.4 is 10.1 Å². The van der Waals surface area contributed by atoms with E-state index < -0.39 is 22.8 Å². The summed E-state index contributed by atoms with van der Waals surface area (Å²) in [7, 11) is 0. The molecule has 1 N–H and O–H groups in total. The molecule has 0 bridgehead atoms. The minimum absolute atomic E-state index is 0.0533. The molecule has 1 atom stereocenters. The number of nitro groups is 1. The minimum Gasteiger partial charge on any atom is -0.472 e. The van der Waals surface area contributed by atoms with Crippen molar-refractivity contribution in [1.82, 2.24) is 10.1 Å². The molecule has 9 heteroatoms. The van der Waals surface area contributed by atoms with E-state index in [4.69, 9.17) is 9.26 Å². The molecule has 2 aromatic rings. The van der Waals surface area contributed by atoms with Crippen LogP contribution in [0.5, 0.6) is 5.75 Å². The van der Waals surface area contributed by atoms with Crippen molar-refractivity contribution >= 4 is 17.5 Å². The lowest BCUT2D eigenvalue weighted by Gasteiger charge is -2.16. The first-order chi connectivity index (χ1) is 11.0. The highest BCUT2D eigenvalue weighted by Crippen LogP contribution is 2.25. The highest BCUT2D eigenvalue weighted by Gasteiger charge is 2.25. The summed E-state index contributed by atoms with van der Waals surface area (Å²) in [6.45, 7) is 3.57. The maximum absolute atomic E-state index is 12.3. The monoisotopic (exact) mass is 320 g/mol. The zero-order chi connectivity index (χ0) is 16.8. The van der Waals surface area contributed by atoms with Gasteiger partial charge >= 0.3 is 5.82 Å². The van der Waals surface area contributed by atoms with Gasteiger partial charge in [-0.25, -0.2) is 0 Å². The van der Waals surface area contributed by atoms with Gasteiger partial charge in [0, 0.05) is 6.07 Å². The Labute approximate surface area is 131 Å². The molecule has 2 rings (SSSR count). The van der Waals surface area contributed by atoms with Gasteiger partial charge in [0.15, 0.2) is 11.9 Å². The summed E-state index contributed by atoms with van der Waals surface area (Å²) in [6, 6.07) is 4.47. The minimum atomic E-state index is -0.903. The molecule has 0 aliphatic rings. The molecule has 0 radical (unpaired) electrons. The number of ether oxygens (including phenoxy) is 1. The predicted octanol–water partition coefficient (Wildman–Crippen LogP) is 2.47. The van der Waals surface area contributed by atoms with E-state index in [1.54, 1.807) is 13.0 Å². The second-order valence-corrected chi connectivity index (χ2v) is 4.79. The van der Waals surface area contributed by atoms with Crippen LogP contribution in [0.25, 0.3) is 0 Å². The fourth-order valence-electron chi connectivity index (χ4n) is 1.90. The highest BCUT2D eigenvalue weighted by atomic mass is 16.6. The summed E-state index contributed by atoms with van der Waals surface area (Å²) in [5, 5.41) is 17.2. The number of rotatable bonds is 7. The van der Waals surface area contributed by atoms with E-state index in [0.717, 1.165) is 0 Å². The van der Waals surface area contributed by atoms with Crippen molar-refractivity contribution in [2.24, 2.45) is 0 Å². The molecule has 0 aromatic carbocycles. The second kappa shape index (κ2) is 7.34. The average molecular weight is 320 g/mol. The molecule has 0 aliphatic heterocycles. The van der Waals surface area contributed by atoms with E-state index in [1.165, 1.54) is 18.3 Å². The molecule has 2 heterocycles. The van der Waals surface area contributed by atoms with E-state index in [0.29, 0.717) is 18.6 Å². The summed E-state index contributed by atoms with van der Waals surface area (Å²) in [4.78, 5) is 26.3. The largest absolute Gasteiger partial charge is 0.472 e. The van der Waals surface area contributed by atoms with E-state index >= 15 is 0 Å². The maximum Gasteiger partial charge on any atom is 0.406 e. The quantitative estimate of drug-likeness (QED) is 0.614. The Morgan fingerprint density at radius 2 is 2.35 bits per heavy atom. The van der Waals surface area contributed by atoms with Gasteiger partial charge in [0.05, 0.1) is 0 Å². The fraction of sp³-hybridized carbons (Fsp3) is 0.357. The molecule has 0 fully saturated rings. The molecular formula is C14H16N4O5. The first kappa shape index (κ1) is 16.4. The summed E-state index contributed by atoms with van der Waals surface area (Å²) in [5.41, 5.74) is 0. The predicted molar refractivity (Wildman–Crippen MR) is 80.1 cm³/mol. The number of aryl methyl sites for hydroxylation is 1. The van der Waals surface area contributed by atoms with E-state index in [-0.39, 0.29) is 11.6 Å². The average Bonchev–Trinajstić information content (AvgIpc) is 2.92. The van der Waals surface area contributed by atoms with E-state index in [9.17, 15) is 14.9 Å². The van der Waals surface area contributed by atoms with Crippen LogP contribution in [0.4, 0.5) is 11.6 Å². The Balaban J connectivity index is 2.15. The number of pyridine rings is 1. The van der Waals surface area contributed by atoms with Gasteiger partial charge in [0.25, 0.3) is 5.91 Å². The normalized spacial score (nSPS) is 11.7. The van der Waals surface area contributed by atoms with Crippen LogP contribution in [0.3, 0.4) is 0 Å². The number of carbonyl (C=O) groups is 1. The third kappa shape index (κ3) is 4.25. The lowest BCUT2D eigenvalue weighted by atomic mass is 10.2. The smallest absolute Gasteiger partial charge is 0.406 e. The van der Waals surface area contributed by atoms with Crippen molar-refractivity contribution in [3.63, 3.8) is 0 Å². The van der Waals surface area contributed by atoms with Crippen LogP contribution >= 0.6 is 0 Å². The van der Waals surface area contributed by atoms with Gasteiger partial charge in [-0.05, 0) is 35.4 Å². The number of anilines is 1. The fourth-order valence-corrected chi connectivity index (χ4v) is 1.90. The number of hydrogen-bond donors (Lipinski definition) is 1. The van der Waals surface area contributed by atoms with Crippen LogP contribution in [-0.4, -0.2) is 27.1 Å². The third-order valence-electron chi connectivity index (χ3n) is 2.92. The Hall–Kier alpha value is -2.97. The topological polar surface area (TPSA) is 120 Å². The van der Waals surface area contributed by atoms with Crippen LogP contribution in [-0.2, 0) is 4.79 Å². The highest BCUT2D eigenvalue weighted by molar-refractivity contribution is 5.93. The Morgan fingerprint density at radius 1 is 1.57 bits per heavy atom. The van der Waals surface area contributed by atoms with Crippen LogP contribution in [0.2, 0.25) is 0 Å². The third-order valence-corrected chi connectivity index (χ3v) is 2.92. The Morgan fingerprint density at radius 3 is 2.96 bits per heavy atom. The van der Waals surface area contributed by atoms with Crippen LogP contribution in [0.1, 0.15) is 25.5 Å². The molecule has 0 aliphatic carbocycles. The van der Waals surface area contributed by atoms with Crippen LogP contribution in [0, 0.1) is 17.0 Å². The van der Waals surface area contributed by atoms with Crippen molar-refractivity contribution in [2.45, 2.75) is 32.8 Å². The number of nitrogens with one attached hydrogen (secondary N) is 1. The Kier molecular flexibility index (Phi) is 5.23. The number of amides is 1. The molecular weight excluding hydrogens is 304 g/mol. The van der Waals surface area contributed by atoms with Crippen molar-refractivity contribution in [1.29, 1.82) is 0 Å². The SMILES string of the molecule is CCC[C@H](Oc1cccnc1[N+](=O)[O-])C(=O)Nc1cc(C)on1. The van der Waals surface area contributed by atoms with Gasteiger partial charge in [-0.2, -0.15) is 0 Å². The van der Waals surface area contributed by atoms with Gasteiger partial charge in [-0.15, -0.1) is 0 Å². The molecule has 23 heavy (non-hydrogen) atoms. The van der Waals surface area contributed by atoms with Crippen LogP contribution in [0.15, 0.2) is 28.9 Å². The summed E-state index contributed by atoms with van der Waals surface area (Å²) < 4.78 is 10.4. The van der Waals surface area contributed by atoms with Crippen molar-refractivity contribution in [2.75, 3.05) is 5.32 Å². The molecule has 0 unspecified atom stereocenters. The van der Waals surface area contributed by atoms with Gasteiger partial charge in [-0.1, -0.05) is 18.5 Å². The molecule has 0 saturated carbocycles. The van der Waals surface area contributed by atoms with E-state index in [2.05, 4.69) is 15.5 Å². The lowest BCUT2D eigenvalue weighted by molar-refractivity contribution is -0.390. The number of aromatic nitrogens is 2. The van der Waals surface area contributed by atoms with Crippen molar-refractivity contribution in [3.05, 3.63) is 40.3 Å². The molecule has 9 nitrogen and oxygen atoms in total. The van der Waals surface area contributed by atoms with Gasteiger partial charge < -0.3 is 24.7 Å². The summed E-state index contributed by atoms with van der Waals surface area (Å²) in [6.07, 6.45) is 1.43. The molecule has 0 spiro atoms. The zero-order valence-corrected chi connectivity index (χ0v) is 12.7. The maximum atomic E-state index is 12.3. The summed E-state index contributed by atoms with van der Waals surface area (Å²) in [5.74, 6) is -0.131. The van der Waals surface area contributed by atoms with E-state index in [1.807, 2.05) is 6.92 Å². The molecule has 2 aromatic heterocycles. The number of carbonyl (C=O) groups excluding carboxylic acids is 1. The Bertz CT molecular complexity index is 700. The zero-order valence-electron chi connectivity index (χ0n) is 12.7. The number of nitrogens with zero attached hydrogens (tertiary/aromatic N) is 3. The first-order valence-corrected chi connectivity index (χ1v) is 7.01. The standard InChI is InChI=1S/C14H16N4O5/c1-3-5-11(14(19)16-12-8-9(2)23-17-12)22-10-6-4-7-15-13(10)18(20)21/h4,6-8,11H,3,5H2,1-2H3,(H,16,17,19)/t11-/m0/s1. The van der Waals surface area contributed by atoms with Crippen molar-refractivity contribution < 1.29 is 19.0 Å². The number of hydrogen-bond acceptors (Lipinski definition) is 7. The lowest BCUT2D eigenvalue weighted by Crippen LogP contribution is -2.33. The molecule has 1 amide bonds. The molecule has 0 saturated heterocycles. The van der Waals surface area contributed by atoms with Crippen molar-refractivity contribution in [3.8, 4) is 5.75 Å². The van der Waals surface area contributed by atoms with Gasteiger partial charge in [0.2, 0.25) is 5.75 Å². The summed E-state index contributed by atoms with van der Waals surface area (Å²) >= 11 is 0. The second-order valence-electron chi connectivity index (χ2n) is 4.79. The van der Waals surface area contributed by atoms with Gasteiger partial charge in [-0.3, -0.25) is 4.79 Å².